The molecule has 2 atom stereocenters. The van der Waals surface area contributed by atoms with E-state index in [4.69, 9.17) is 0 Å². The largest absolute Gasteiger partial charge is 0.337 e. The molecule has 0 aliphatic rings. The van der Waals surface area contributed by atoms with Crippen molar-refractivity contribution in [3.05, 3.63) is 32.7 Å². The molecular weight excluding hydrogens is 304 g/mol. The van der Waals surface area contributed by atoms with Crippen molar-refractivity contribution >= 4 is 28.7 Å². The van der Waals surface area contributed by atoms with Gasteiger partial charge in [0.05, 0.1) is 11.0 Å². The molecule has 2 N–H and O–H groups in total. The summed E-state index contributed by atoms with van der Waals surface area (Å²) in [5.74, 6) is 0.220. The number of thiazole rings is 2. The van der Waals surface area contributed by atoms with Crippen molar-refractivity contribution in [2.24, 2.45) is 0 Å². The van der Waals surface area contributed by atoms with Gasteiger partial charge >= 0.3 is 6.03 Å². The Morgan fingerprint density at radius 3 is 2.76 bits per heavy atom. The Labute approximate surface area is 132 Å². The van der Waals surface area contributed by atoms with Crippen LogP contribution in [0.5, 0.6) is 0 Å². The molecule has 21 heavy (non-hydrogen) atoms. The van der Waals surface area contributed by atoms with Gasteiger partial charge in [0.1, 0.15) is 5.01 Å². The van der Waals surface area contributed by atoms with Gasteiger partial charge in [0.2, 0.25) is 0 Å². The van der Waals surface area contributed by atoms with E-state index in [9.17, 15) is 4.79 Å². The van der Waals surface area contributed by atoms with Gasteiger partial charge in [0.15, 0.2) is 0 Å². The number of hydrogen-bond acceptors (Lipinski definition) is 5. The molecule has 0 bridgehead atoms. The number of aromatic nitrogens is 2. The first-order valence-electron chi connectivity index (χ1n) is 6.96. The number of urea groups is 1. The maximum atomic E-state index is 12.0. The first-order valence-corrected chi connectivity index (χ1v) is 8.71. The number of amides is 2. The Morgan fingerprint density at radius 1 is 1.38 bits per heavy atom. The Kier molecular flexibility index (Phi) is 5.69. The van der Waals surface area contributed by atoms with E-state index in [1.165, 1.54) is 0 Å². The van der Waals surface area contributed by atoms with Crippen molar-refractivity contribution in [1.29, 1.82) is 0 Å². The highest BCUT2D eigenvalue weighted by Gasteiger charge is 2.16. The monoisotopic (exact) mass is 324 g/mol. The van der Waals surface area contributed by atoms with Gasteiger partial charge in [-0.15, -0.1) is 22.7 Å². The second kappa shape index (κ2) is 7.51. The molecule has 0 saturated heterocycles. The minimum atomic E-state index is -0.155. The van der Waals surface area contributed by atoms with Gasteiger partial charge in [-0.3, -0.25) is 0 Å². The lowest BCUT2D eigenvalue weighted by molar-refractivity contribution is 0.236. The summed E-state index contributed by atoms with van der Waals surface area (Å²) < 4.78 is 0. The lowest BCUT2D eigenvalue weighted by Crippen LogP contribution is -2.39. The summed E-state index contributed by atoms with van der Waals surface area (Å²) in [6.45, 7) is 6.63. The molecule has 0 spiro atoms. The number of aryl methyl sites for hydroxylation is 1. The van der Waals surface area contributed by atoms with Crippen molar-refractivity contribution in [3.8, 4) is 0 Å². The molecule has 2 amide bonds. The van der Waals surface area contributed by atoms with Crippen LogP contribution in [0.25, 0.3) is 0 Å². The third-order valence-corrected chi connectivity index (χ3v) is 5.17. The summed E-state index contributed by atoms with van der Waals surface area (Å²) in [6, 6.07) is -0.183. The van der Waals surface area contributed by atoms with Crippen LogP contribution in [0.1, 0.15) is 47.9 Å². The average Bonchev–Trinajstić information content (AvgIpc) is 3.13. The second-order valence-electron chi connectivity index (χ2n) is 4.91. The first kappa shape index (κ1) is 15.9. The quantitative estimate of drug-likeness (QED) is 0.855. The zero-order valence-electron chi connectivity index (χ0n) is 12.4. The van der Waals surface area contributed by atoms with Crippen LogP contribution in [0.15, 0.2) is 17.0 Å². The van der Waals surface area contributed by atoms with E-state index in [0.717, 1.165) is 22.1 Å². The summed E-state index contributed by atoms with van der Waals surface area (Å²) in [7, 11) is 0. The number of hydrogen-bond donors (Lipinski definition) is 2. The molecule has 7 heteroatoms. The summed E-state index contributed by atoms with van der Waals surface area (Å²) in [5, 5.41) is 11.8. The predicted octanol–water partition coefficient (Wildman–Crippen LogP) is 3.46. The lowest BCUT2D eigenvalue weighted by Gasteiger charge is -2.16. The standard InChI is InChI=1S/C14H20N4OS2/c1-4-11(13-17-10(3)8-21-13)18-14(19)16-7-9(2)12-15-5-6-20-12/h5-6,8-9,11H,4,7H2,1-3H3,(H2,16,18,19)/t9-,11+/m0/s1. The molecule has 0 unspecified atom stereocenters. The SMILES string of the molecule is CC[C@@H](NC(=O)NC[C@H](C)c1nccs1)c1nc(C)cs1. The third kappa shape index (κ3) is 4.50. The molecule has 2 heterocycles. The lowest BCUT2D eigenvalue weighted by atomic mass is 10.2. The first-order chi connectivity index (χ1) is 10.1. The highest BCUT2D eigenvalue weighted by molar-refractivity contribution is 7.10. The maximum absolute atomic E-state index is 12.0. The Hall–Kier alpha value is -1.47. The van der Waals surface area contributed by atoms with Gasteiger partial charge in [-0.25, -0.2) is 14.8 Å². The molecule has 0 aromatic carbocycles. The van der Waals surface area contributed by atoms with Crippen LogP contribution in [0.3, 0.4) is 0 Å². The summed E-state index contributed by atoms with van der Waals surface area (Å²) >= 11 is 3.19. The van der Waals surface area contributed by atoms with E-state index in [2.05, 4.69) is 27.5 Å². The van der Waals surface area contributed by atoms with E-state index in [1.807, 2.05) is 24.6 Å². The molecule has 0 saturated carbocycles. The Bertz CT molecular complexity index is 567. The summed E-state index contributed by atoms with van der Waals surface area (Å²) in [5.41, 5.74) is 0.994. The Morgan fingerprint density at radius 2 is 2.19 bits per heavy atom. The second-order valence-corrected chi connectivity index (χ2v) is 6.73. The van der Waals surface area contributed by atoms with Crippen LogP contribution < -0.4 is 10.6 Å². The number of carbonyl (C=O) groups is 1. The summed E-state index contributed by atoms with van der Waals surface area (Å²) in [6.07, 6.45) is 2.61. The van der Waals surface area contributed by atoms with E-state index < -0.39 is 0 Å². The molecule has 114 valence electrons. The molecule has 5 nitrogen and oxygen atoms in total. The van der Waals surface area contributed by atoms with Crippen LogP contribution in [-0.2, 0) is 0 Å². The average molecular weight is 324 g/mol. The van der Waals surface area contributed by atoms with Gasteiger partial charge in [-0.05, 0) is 13.3 Å². The van der Waals surface area contributed by atoms with Gasteiger partial charge in [0.25, 0.3) is 0 Å². The van der Waals surface area contributed by atoms with Gasteiger partial charge in [0, 0.05) is 35.1 Å². The van der Waals surface area contributed by atoms with Crippen LogP contribution in [-0.4, -0.2) is 22.5 Å². The highest BCUT2D eigenvalue weighted by atomic mass is 32.1. The molecule has 0 aliphatic heterocycles. The van der Waals surface area contributed by atoms with Crippen LogP contribution in [0, 0.1) is 6.92 Å². The highest BCUT2D eigenvalue weighted by Crippen LogP contribution is 2.21. The van der Waals surface area contributed by atoms with Gasteiger partial charge in [-0.2, -0.15) is 0 Å². The Balaban J connectivity index is 1.83. The van der Waals surface area contributed by atoms with Crippen molar-refractivity contribution in [1.82, 2.24) is 20.6 Å². The fourth-order valence-corrected chi connectivity index (χ4v) is 3.52. The van der Waals surface area contributed by atoms with Gasteiger partial charge in [-0.1, -0.05) is 13.8 Å². The van der Waals surface area contributed by atoms with Crippen molar-refractivity contribution in [3.63, 3.8) is 0 Å². The number of nitrogens with zero attached hydrogens (tertiary/aromatic N) is 2. The van der Waals surface area contributed by atoms with Crippen LogP contribution in [0.2, 0.25) is 0 Å². The molecule has 0 radical (unpaired) electrons. The topological polar surface area (TPSA) is 66.9 Å². The normalized spacial score (nSPS) is 13.7. The van der Waals surface area contributed by atoms with E-state index in [1.54, 1.807) is 28.9 Å². The zero-order chi connectivity index (χ0) is 15.2. The molecule has 0 fully saturated rings. The molecule has 2 aromatic rings. The van der Waals surface area contributed by atoms with E-state index >= 15 is 0 Å². The molecular formula is C14H20N4OS2. The van der Waals surface area contributed by atoms with Crippen LogP contribution >= 0.6 is 22.7 Å². The summed E-state index contributed by atoms with van der Waals surface area (Å²) in [4.78, 5) is 20.7. The van der Waals surface area contributed by atoms with Gasteiger partial charge < -0.3 is 10.6 Å². The minimum absolute atomic E-state index is 0.0288. The van der Waals surface area contributed by atoms with Crippen molar-refractivity contribution in [2.75, 3.05) is 6.54 Å². The third-order valence-electron chi connectivity index (χ3n) is 3.09. The molecule has 0 aliphatic carbocycles. The molecule has 2 aromatic heterocycles. The van der Waals surface area contributed by atoms with Crippen LogP contribution in [0.4, 0.5) is 4.79 Å². The molecule has 2 rings (SSSR count). The maximum Gasteiger partial charge on any atom is 0.315 e. The smallest absolute Gasteiger partial charge is 0.315 e. The fourth-order valence-electron chi connectivity index (χ4n) is 1.89. The number of carbonyl (C=O) groups excluding carboxylic acids is 1. The van der Waals surface area contributed by atoms with Crippen molar-refractivity contribution in [2.45, 2.75) is 39.2 Å². The fraction of sp³-hybridized carbons (Fsp3) is 0.500. The van der Waals surface area contributed by atoms with Crippen molar-refractivity contribution < 1.29 is 4.79 Å². The number of rotatable bonds is 6. The predicted molar refractivity (Wildman–Crippen MR) is 86.9 cm³/mol. The van der Waals surface area contributed by atoms with E-state index in [0.29, 0.717) is 6.54 Å². The number of nitrogens with one attached hydrogen (secondary N) is 2. The zero-order valence-corrected chi connectivity index (χ0v) is 14.1. The van der Waals surface area contributed by atoms with E-state index in [-0.39, 0.29) is 18.0 Å². The minimum Gasteiger partial charge on any atom is -0.337 e.